The molecular weight excluding hydrogens is 432 g/mol. The van der Waals surface area contributed by atoms with Gasteiger partial charge in [-0.15, -0.1) is 0 Å². The summed E-state index contributed by atoms with van der Waals surface area (Å²) in [6, 6.07) is 21.4. The number of methoxy groups -OCH3 is 1. The largest absolute Gasteiger partial charge is 0.497 e. The van der Waals surface area contributed by atoms with Crippen LogP contribution in [-0.2, 0) is 9.59 Å². The van der Waals surface area contributed by atoms with Crippen LogP contribution in [0.3, 0.4) is 0 Å². The summed E-state index contributed by atoms with van der Waals surface area (Å²) in [5.41, 5.74) is 2.62. The monoisotopic (exact) mass is 448 g/mol. The molecule has 1 N–H and O–H groups in total. The first-order chi connectivity index (χ1) is 15.1. The Bertz CT molecular complexity index is 1240. The molecule has 5 rings (SSSR count). The van der Waals surface area contributed by atoms with Crippen LogP contribution in [0.15, 0.2) is 88.2 Å². The molecule has 2 aliphatic heterocycles. The minimum Gasteiger partial charge on any atom is -0.497 e. The fourth-order valence-corrected chi connectivity index (χ4v) is 5.01. The van der Waals surface area contributed by atoms with Gasteiger partial charge >= 0.3 is 0 Å². The molecule has 0 saturated heterocycles. The topological polar surface area (TPSA) is 58.6 Å². The van der Waals surface area contributed by atoms with Crippen LogP contribution < -0.4 is 15.0 Å². The van der Waals surface area contributed by atoms with Crippen LogP contribution in [0, 0.1) is 0 Å². The summed E-state index contributed by atoms with van der Waals surface area (Å²) in [6.07, 6.45) is 0. The number of nitrogens with zero attached hydrogens (tertiary/aromatic N) is 1. The van der Waals surface area contributed by atoms with Gasteiger partial charge < -0.3 is 10.1 Å². The molecule has 0 radical (unpaired) electrons. The van der Waals surface area contributed by atoms with E-state index < -0.39 is 6.04 Å². The summed E-state index contributed by atoms with van der Waals surface area (Å²) >= 11 is 7.32. The van der Waals surface area contributed by atoms with Crippen molar-refractivity contribution in [3.05, 3.63) is 93.9 Å². The van der Waals surface area contributed by atoms with Crippen molar-refractivity contribution in [3.63, 3.8) is 0 Å². The van der Waals surface area contributed by atoms with Crippen LogP contribution in [0.5, 0.6) is 5.75 Å². The highest BCUT2D eigenvalue weighted by Gasteiger charge is 2.45. The maximum Gasteiger partial charge on any atom is 0.272 e. The molecule has 0 saturated carbocycles. The number of nitrogens with one attached hydrogen (secondary N) is 1. The number of ether oxygens (including phenoxy) is 1. The van der Waals surface area contributed by atoms with Gasteiger partial charge in [0.05, 0.1) is 29.3 Å². The zero-order valence-electron chi connectivity index (χ0n) is 16.5. The number of hydrogen-bond donors (Lipinski definition) is 1. The summed E-state index contributed by atoms with van der Waals surface area (Å²) in [6.45, 7) is 0. The number of thioether (sulfide) groups is 1. The molecule has 3 aromatic rings. The highest BCUT2D eigenvalue weighted by atomic mass is 35.5. The van der Waals surface area contributed by atoms with Gasteiger partial charge in [-0.05, 0) is 54.1 Å². The molecule has 2 aliphatic rings. The first kappa shape index (κ1) is 19.7. The number of fused-ring (bicyclic) bond motifs is 1. The second-order valence-electron chi connectivity index (χ2n) is 7.12. The summed E-state index contributed by atoms with van der Waals surface area (Å²) in [4.78, 5) is 29.6. The Morgan fingerprint density at radius 3 is 2.52 bits per heavy atom. The normalized spacial score (nSPS) is 17.7. The van der Waals surface area contributed by atoms with E-state index >= 15 is 0 Å². The number of rotatable bonds is 3. The van der Waals surface area contributed by atoms with Crippen LogP contribution >= 0.6 is 23.4 Å². The first-order valence-electron chi connectivity index (χ1n) is 9.62. The zero-order chi connectivity index (χ0) is 21.5. The van der Waals surface area contributed by atoms with Crippen LogP contribution in [-0.4, -0.2) is 18.9 Å². The lowest BCUT2D eigenvalue weighted by Gasteiger charge is -2.23. The number of carbonyl (C=O) groups excluding carboxylic acids is 2. The Kier molecular flexibility index (Phi) is 4.96. The number of carbonyl (C=O) groups is 2. The summed E-state index contributed by atoms with van der Waals surface area (Å²) in [5, 5.41) is 4.01. The number of halogens is 1. The fourth-order valence-electron chi connectivity index (χ4n) is 3.79. The van der Waals surface area contributed by atoms with Crippen LogP contribution in [0.25, 0.3) is 0 Å². The highest BCUT2D eigenvalue weighted by Crippen LogP contribution is 2.48. The zero-order valence-corrected chi connectivity index (χ0v) is 18.0. The van der Waals surface area contributed by atoms with E-state index in [2.05, 4.69) is 5.32 Å². The van der Waals surface area contributed by atoms with E-state index in [0.717, 1.165) is 16.1 Å². The van der Waals surface area contributed by atoms with E-state index in [1.165, 1.54) is 16.7 Å². The number of benzene rings is 3. The SMILES string of the molecule is COc1cccc([C@@H]2Nc3ccccc3SC3=C2C(=O)N(c2ccc(Cl)cc2)C3=O)c1. The van der Waals surface area contributed by atoms with E-state index in [1.807, 2.05) is 48.5 Å². The number of amides is 2. The molecule has 0 fully saturated rings. The molecule has 1 atom stereocenters. The van der Waals surface area contributed by atoms with Gasteiger partial charge in [0, 0.05) is 15.6 Å². The van der Waals surface area contributed by atoms with Crippen molar-refractivity contribution >= 4 is 46.6 Å². The molecule has 2 amide bonds. The van der Waals surface area contributed by atoms with Crippen LogP contribution in [0.1, 0.15) is 11.6 Å². The van der Waals surface area contributed by atoms with E-state index in [4.69, 9.17) is 16.3 Å². The third-order valence-electron chi connectivity index (χ3n) is 5.28. The van der Waals surface area contributed by atoms with E-state index in [0.29, 0.717) is 26.9 Å². The maximum atomic E-state index is 13.6. The number of hydrogen-bond acceptors (Lipinski definition) is 5. The molecule has 0 aromatic heterocycles. The molecule has 7 heteroatoms. The molecule has 0 spiro atoms. The Morgan fingerprint density at radius 1 is 0.968 bits per heavy atom. The van der Waals surface area contributed by atoms with Crippen molar-refractivity contribution in [1.82, 2.24) is 0 Å². The van der Waals surface area contributed by atoms with Crippen molar-refractivity contribution in [2.24, 2.45) is 0 Å². The lowest BCUT2D eigenvalue weighted by molar-refractivity contribution is -0.120. The van der Waals surface area contributed by atoms with Crippen molar-refractivity contribution < 1.29 is 14.3 Å². The van der Waals surface area contributed by atoms with Gasteiger partial charge in [-0.1, -0.05) is 47.6 Å². The lowest BCUT2D eigenvalue weighted by Crippen LogP contribution is -2.33. The molecule has 0 unspecified atom stereocenters. The Labute approximate surface area is 188 Å². The van der Waals surface area contributed by atoms with Crippen LogP contribution in [0.4, 0.5) is 11.4 Å². The Morgan fingerprint density at radius 2 is 1.74 bits per heavy atom. The van der Waals surface area contributed by atoms with Gasteiger partial charge in [0.15, 0.2) is 0 Å². The smallest absolute Gasteiger partial charge is 0.272 e. The van der Waals surface area contributed by atoms with Crippen molar-refractivity contribution in [3.8, 4) is 5.75 Å². The van der Waals surface area contributed by atoms with Gasteiger partial charge in [-0.2, -0.15) is 0 Å². The van der Waals surface area contributed by atoms with Crippen molar-refractivity contribution in [2.75, 3.05) is 17.3 Å². The molecule has 3 aromatic carbocycles. The predicted molar refractivity (Wildman–Crippen MR) is 123 cm³/mol. The number of imide groups is 1. The molecule has 0 aliphatic carbocycles. The van der Waals surface area contributed by atoms with Gasteiger partial charge in [-0.3, -0.25) is 9.59 Å². The van der Waals surface area contributed by atoms with Crippen molar-refractivity contribution in [2.45, 2.75) is 10.9 Å². The van der Waals surface area contributed by atoms with Gasteiger partial charge in [0.1, 0.15) is 5.75 Å². The van der Waals surface area contributed by atoms with E-state index in [-0.39, 0.29) is 11.8 Å². The average Bonchev–Trinajstić information content (AvgIpc) is 2.94. The van der Waals surface area contributed by atoms with E-state index in [9.17, 15) is 9.59 Å². The van der Waals surface area contributed by atoms with Gasteiger partial charge in [-0.25, -0.2) is 4.90 Å². The van der Waals surface area contributed by atoms with E-state index in [1.54, 1.807) is 31.4 Å². The van der Waals surface area contributed by atoms with Gasteiger partial charge in [0.2, 0.25) is 0 Å². The average molecular weight is 449 g/mol. The minimum atomic E-state index is -0.505. The third-order valence-corrected chi connectivity index (χ3v) is 6.70. The minimum absolute atomic E-state index is 0.335. The Hall–Kier alpha value is -3.22. The molecule has 5 nitrogen and oxygen atoms in total. The second kappa shape index (κ2) is 7.80. The standard InChI is InChI=1S/C24H17ClN2O3S/c1-30-17-6-4-5-14(13-17)21-20-22(31-19-8-3-2-7-18(19)26-21)24(29)27(23(20)28)16-11-9-15(25)10-12-16/h2-13,21,26H,1H3/t21-/m0/s1. The third kappa shape index (κ3) is 3.38. The van der Waals surface area contributed by atoms with Crippen LogP contribution in [0.2, 0.25) is 5.02 Å². The number of anilines is 2. The Balaban J connectivity index is 1.66. The maximum absolute atomic E-state index is 13.6. The van der Waals surface area contributed by atoms with Crippen molar-refractivity contribution in [1.29, 1.82) is 0 Å². The second-order valence-corrected chi connectivity index (χ2v) is 8.61. The summed E-state index contributed by atoms with van der Waals surface area (Å²) < 4.78 is 5.38. The first-order valence-corrected chi connectivity index (χ1v) is 10.8. The summed E-state index contributed by atoms with van der Waals surface area (Å²) in [7, 11) is 1.60. The molecule has 0 bridgehead atoms. The summed E-state index contributed by atoms with van der Waals surface area (Å²) in [5.74, 6) is -0.000338. The molecule has 31 heavy (non-hydrogen) atoms. The van der Waals surface area contributed by atoms with Gasteiger partial charge in [0.25, 0.3) is 11.8 Å². The molecule has 154 valence electrons. The quantitative estimate of drug-likeness (QED) is 0.541. The fraction of sp³-hybridized carbons (Fsp3) is 0.0833. The molecular formula is C24H17ClN2O3S. The number of para-hydroxylation sites is 1. The predicted octanol–water partition coefficient (Wildman–Crippen LogP) is 5.44. The molecule has 2 heterocycles. The lowest BCUT2D eigenvalue weighted by atomic mass is 9.97. The highest BCUT2D eigenvalue weighted by molar-refractivity contribution is 8.04.